The summed E-state index contributed by atoms with van der Waals surface area (Å²) in [5.41, 5.74) is 0.523. The Morgan fingerprint density at radius 2 is 1.57 bits per heavy atom. The molecule has 28 heavy (non-hydrogen) atoms. The van der Waals surface area contributed by atoms with E-state index in [2.05, 4.69) is 16.6 Å². The van der Waals surface area contributed by atoms with Gasteiger partial charge in [-0.15, -0.1) is 0 Å². The Kier molecular flexibility index (Phi) is 6.64. The van der Waals surface area contributed by atoms with Crippen molar-refractivity contribution in [2.45, 2.75) is 35.7 Å². The van der Waals surface area contributed by atoms with Crippen molar-refractivity contribution in [2.75, 3.05) is 6.54 Å². The highest BCUT2D eigenvalue weighted by molar-refractivity contribution is 7.92. The van der Waals surface area contributed by atoms with Crippen molar-refractivity contribution < 1.29 is 21.9 Å². The molecule has 0 radical (unpaired) electrons. The van der Waals surface area contributed by atoms with Gasteiger partial charge in [0.2, 0.25) is 20.0 Å². The Morgan fingerprint density at radius 1 is 1.00 bits per heavy atom. The van der Waals surface area contributed by atoms with E-state index in [4.69, 9.17) is 5.14 Å². The smallest absolute Gasteiger partial charge is 0.241 e. The van der Waals surface area contributed by atoms with Gasteiger partial charge in [0.05, 0.1) is 0 Å². The van der Waals surface area contributed by atoms with Crippen molar-refractivity contribution in [3.63, 3.8) is 0 Å². The van der Waals surface area contributed by atoms with E-state index in [1.165, 1.54) is 18.2 Å². The van der Waals surface area contributed by atoms with Crippen LogP contribution in [-0.2, 0) is 26.5 Å². The molecule has 9 heteroatoms. The molecule has 4 N–H and O–H groups in total. The third-order valence-electron chi connectivity index (χ3n) is 3.62. The van der Waals surface area contributed by atoms with Crippen LogP contribution in [0.4, 0.5) is 0 Å². The predicted molar refractivity (Wildman–Crippen MR) is 106 cm³/mol. The molecule has 150 valence electrons. The van der Waals surface area contributed by atoms with Crippen LogP contribution in [0.15, 0.2) is 58.3 Å². The summed E-state index contributed by atoms with van der Waals surface area (Å²) >= 11 is 0. The SMILES string of the molecule is CC(C)(O)C#Cc1ccc(CCNS(=O)(=O)c2ccccc2S(N)(=O)=O)cc1. The quantitative estimate of drug-likeness (QED) is 0.598. The molecule has 0 heterocycles. The highest BCUT2D eigenvalue weighted by Gasteiger charge is 2.23. The first kappa shape index (κ1) is 22.1. The van der Waals surface area contributed by atoms with E-state index >= 15 is 0 Å². The van der Waals surface area contributed by atoms with Crippen LogP contribution in [-0.4, -0.2) is 34.1 Å². The van der Waals surface area contributed by atoms with Gasteiger partial charge in [0, 0.05) is 12.1 Å². The van der Waals surface area contributed by atoms with Gasteiger partial charge in [-0.05, 0) is 50.1 Å². The predicted octanol–water partition coefficient (Wildman–Crippen LogP) is 0.977. The van der Waals surface area contributed by atoms with Gasteiger partial charge in [-0.25, -0.2) is 26.7 Å². The molecule has 2 aromatic rings. The van der Waals surface area contributed by atoms with Crippen molar-refractivity contribution in [3.8, 4) is 11.8 Å². The maximum absolute atomic E-state index is 12.5. The number of nitrogens with one attached hydrogen (secondary N) is 1. The molecule has 0 bridgehead atoms. The van der Waals surface area contributed by atoms with Gasteiger partial charge in [-0.3, -0.25) is 0 Å². The second kappa shape index (κ2) is 8.43. The fraction of sp³-hybridized carbons (Fsp3) is 0.263. The van der Waals surface area contributed by atoms with E-state index in [9.17, 15) is 21.9 Å². The first-order valence-corrected chi connectivity index (χ1v) is 11.4. The van der Waals surface area contributed by atoms with Gasteiger partial charge in [0.25, 0.3) is 0 Å². The van der Waals surface area contributed by atoms with Gasteiger partial charge in [0.15, 0.2) is 0 Å². The summed E-state index contributed by atoms with van der Waals surface area (Å²) in [7, 11) is -8.20. The standard InChI is InChI=1S/C19H22N2O5S2/c1-19(2,22)13-11-15-7-9-16(10-8-15)12-14-21-28(25,26)18-6-4-3-5-17(18)27(20,23)24/h3-10,21-22H,12,14H2,1-2H3,(H2,20,23,24). The number of sulfonamides is 2. The number of benzene rings is 2. The molecule has 0 saturated heterocycles. The van der Waals surface area contributed by atoms with E-state index < -0.39 is 30.5 Å². The van der Waals surface area contributed by atoms with E-state index in [0.717, 1.165) is 17.2 Å². The Morgan fingerprint density at radius 3 is 2.11 bits per heavy atom. The van der Waals surface area contributed by atoms with Crippen LogP contribution < -0.4 is 9.86 Å². The summed E-state index contributed by atoms with van der Waals surface area (Å²) in [6.45, 7) is 3.26. The topological polar surface area (TPSA) is 127 Å². The molecule has 0 aliphatic rings. The summed E-state index contributed by atoms with van der Waals surface area (Å²) in [6.07, 6.45) is 0.399. The lowest BCUT2D eigenvalue weighted by molar-refractivity contribution is 0.143. The Labute approximate surface area is 165 Å². The second-order valence-electron chi connectivity index (χ2n) is 6.65. The summed E-state index contributed by atoms with van der Waals surface area (Å²) < 4.78 is 50.5. The van der Waals surface area contributed by atoms with E-state index in [-0.39, 0.29) is 11.4 Å². The van der Waals surface area contributed by atoms with Crippen molar-refractivity contribution in [2.24, 2.45) is 5.14 Å². The summed E-state index contributed by atoms with van der Waals surface area (Å²) in [6, 6.07) is 12.3. The van der Waals surface area contributed by atoms with Crippen LogP contribution in [0.25, 0.3) is 0 Å². The molecule has 0 spiro atoms. The molecule has 0 atom stereocenters. The van der Waals surface area contributed by atoms with Crippen LogP contribution in [0, 0.1) is 11.8 Å². The van der Waals surface area contributed by atoms with Crippen LogP contribution in [0.1, 0.15) is 25.0 Å². The Balaban J connectivity index is 2.06. The van der Waals surface area contributed by atoms with Crippen molar-refractivity contribution in [1.82, 2.24) is 4.72 Å². The number of nitrogens with two attached hydrogens (primary N) is 1. The van der Waals surface area contributed by atoms with Gasteiger partial charge in [-0.1, -0.05) is 36.1 Å². The third kappa shape index (κ3) is 6.44. The zero-order valence-electron chi connectivity index (χ0n) is 15.5. The fourth-order valence-corrected chi connectivity index (χ4v) is 4.71. The summed E-state index contributed by atoms with van der Waals surface area (Å²) in [5, 5.41) is 14.7. The first-order chi connectivity index (χ1) is 12.9. The third-order valence-corrected chi connectivity index (χ3v) is 6.24. The van der Waals surface area contributed by atoms with Gasteiger partial charge in [0.1, 0.15) is 15.4 Å². The first-order valence-electron chi connectivity index (χ1n) is 8.34. The maximum Gasteiger partial charge on any atom is 0.241 e. The number of primary sulfonamides is 1. The molecule has 0 aliphatic carbocycles. The van der Waals surface area contributed by atoms with Gasteiger partial charge >= 0.3 is 0 Å². The lowest BCUT2D eigenvalue weighted by Gasteiger charge is -2.10. The minimum absolute atomic E-state index is 0.0793. The molecule has 0 aromatic heterocycles. The van der Waals surface area contributed by atoms with Crippen molar-refractivity contribution in [3.05, 3.63) is 59.7 Å². The van der Waals surface area contributed by atoms with Gasteiger partial charge in [-0.2, -0.15) is 0 Å². The summed E-state index contributed by atoms with van der Waals surface area (Å²) in [4.78, 5) is -0.827. The van der Waals surface area contributed by atoms with E-state index in [1.807, 2.05) is 0 Å². The zero-order chi connectivity index (χ0) is 21.0. The Bertz CT molecular complexity index is 1110. The normalized spacial score (nSPS) is 12.3. The molecule has 0 unspecified atom stereocenters. The molecule has 2 aromatic carbocycles. The lowest BCUT2D eigenvalue weighted by atomic mass is 10.1. The van der Waals surface area contributed by atoms with Gasteiger partial charge < -0.3 is 5.11 Å². The zero-order valence-corrected chi connectivity index (χ0v) is 17.1. The number of rotatable bonds is 6. The second-order valence-corrected chi connectivity index (χ2v) is 9.91. The number of aliphatic hydroxyl groups is 1. The van der Waals surface area contributed by atoms with Crippen molar-refractivity contribution in [1.29, 1.82) is 0 Å². The fourth-order valence-electron chi connectivity index (χ4n) is 2.29. The minimum atomic E-state index is -4.16. The van der Waals surface area contributed by atoms with E-state index in [1.54, 1.807) is 38.1 Å². The van der Waals surface area contributed by atoms with Crippen LogP contribution in [0.5, 0.6) is 0 Å². The van der Waals surface area contributed by atoms with Crippen LogP contribution >= 0.6 is 0 Å². The minimum Gasteiger partial charge on any atom is -0.378 e. The monoisotopic (exact) mass is 422 g/mol. The number of hydrogen-bond acceptors (Lipinski definition) is 5. The van der Waals surface area contributed by atoms with Crippen LogP contribution in [0.2, 0.25) is 0 Å². The molecule has 0 fully saturated rings. The average Bonchev–Trinajstić information content (AvgIpc) is 2.59. The lowest BCUT2D eigenvalue weighted by Crippen LogP contribution is -2.28. The molecular formula is C19H22N2O5S2. The highest BCUT2D eigenvalue weighted by atomic mass is 32.2. The highest BCUT2D eigenvalue weighted by Crippen LogP contribution is 2.19. The van der Waals surface area contributed by atoms with Crippen molar-refractivity contribution >= 4 is 20.0 Å². The summed E-state index contributed by atoms with van der Waals surface area (Å²) in [5.74, 6) is 5.56. The Hall–Kier alpha value is -2.22. The molecule has 0 saturated carbocycles. The molecule has 7 nitrogen and oxygen atoms in total. The number of hydrogen-bond donors (Lipinski definition) is 3. The maximum atomic E-state index is 12.5. The van der Waals surface area contributed by atoms with Crippen LogP contribution in [0.3, 0.4) is 0 Å². The molecule has 2 rings (SSSR count). The molecule has 0 aliphatic heterocycles. The molecular weight excluding hydrogens is 400 g/mol. The average molecular weight is 423 g/mol. The van der Waals surface area contributed by atoms with E-state index in [0.29, 0.717) is 6.42 Å². The largest absolute Gasteiger partial charge is 0.378 e. The molecule has 0 amide bonds.